The first-order valence-electron chi connectivity index (χ1n) is 6.12. The minimum absolute atomic E-state index is 0.0610. The van der Waals surface area contributed by atoms with Gasteiger partial charge in [-0.25, -0.2) is 4.79 Å². The zero-order valence-electron chi connectivity index (χ0n) is 10.3. The van der Waals surface area contributed by atoms with Crippen LogP contribution in [-0.4, -0.2) is 30.1 Å². The van der Waals surface area contributed by atoms with Crippen molar-refractivity contribution in [2.45, 2.75) is 12.8 Å². The third-order valence-corrected chi connectivity index (χ3v) is 3.83. The molecule has 0 aromatic heterocycles. The van der Waals surface area contributed by atoms with Gasteiger partial charge in [-0.2, -0.15) is 0 Å². The Kier molecular flexibility index (Phi) is 4.55. The molecule has 0 aliphatic carbocycles. The quantitative estimate of drug-likeness (QED) is 0.794. The van der Waals surface area contributed by atoms with E-state index >= 15 is 0 Å². The number of rotatable bonds is 3. The molecule has 3 N–H and O–H groups in total. The molecule has 1 saturated heterocycles. The lowest BCUT2D eigenvalue weighted by atomic mass is 9.99. The van der Waals surface area contributed by atoms with Crippen molar-refractivity contribution in [2.24, 2.45) is 5.92 Å². The number of nitrogens with one attached hydrogen (secondary N) is 2. The molecule has 0 unspecified atom stereocenters. The van der Waals surface area contributed by atoms with Crippen LogP contribution in [0.4, 0.5) is 5.69 Å². The smallest absolute Gasteiger partial charge is 0.335 e. The van der Waals surface area contributed by atoms with Crippen LogP contribution in [-0.2, 0) is 4.79 Å². The molecule has 1 heterocycles. The van der Waals surface area contributed by atoms with Crippen molar-refractivity contribution in [1.29, 1.82) is 0 Å². The van der Waals surface area contributed by atoms with E-state index in [4.69, 9.17) is 5.11 Å². The van der Waals surface area contributed by atoms with Gasteiger partial charge in [-0.05, 0) is 53.5 Å². The molecule has 0 radical (unpaired) electrons. The molecular formula is C13H15BrN2O3. The maximum Gasteiger partial charge on any atom is 0.335 e. The SMILES string of the molecule is O=C(O)c1ccc(Br)c(NC(=O)[C@@H]2CCCNC2)c1. The molecular weight excluding hydrogens is 312 g/mol. The fourth-order valence-corrected chi connectivity index (χ4v) is 2.41. The average molecular weight is 327 g/mol. The van der Waals surface area contributed by atoms with Gasteiger partial charge in [0.25, 0.3) is 0 Å². The molecule has 1 atom stereocenters. The monoisotopic (exact) mass is 326 g/mol. The zero-order valence-corrected chi connectivity index (χ0v) is 11.9. The van der Waals surface area contributed by atoms with Crippen molar-refractivity contribution >= 4 is 33.5 Å². The number of carbonyl (C=O) groups excluding carboxylic acids is 1. The molecule has 1 amide bonds. The molecule has 2 rings (SSSR count). The van der Waals surface area contributed by atoms with Gasteiger partial charge in [0.05, 0.1) is 17.2 Å². The van der Waals surface area contributed by atoms with Gasteiger partial charge in [-0.1, -0.05) is 0 Å². The average Bonchev–Trinajstić information content (AvgIpc) is 2.42. The standard InChI is InChI=1S/C13H15BrN2O3/c14-10-4-3-8(13(18)19)6-11(10)16-12(17)9-2-1-5-15-7-9/h3-4,6,9,15H,1-2,5,7H2,(H,16,17)(H,18,19)/t9-/m1/s1. The maximum atomic E-state index is 12.1. The summed E-state index contributed by atoms with van der Waals surface area (Å²) < 4.78 is 0.676. The van der Waals surface area contributed by atoms with Crippen molar-refractivity contribution in [3.63, 3.8) is 0 Å². The van der Waals surface area contributed by atoms with Gasteiger partial charge in [0, 0.05) is 11.0 Å². The largest absolute Gasteiger partial charge is 0.478 e. The third kappa shape index (κ3) is 3.54. The molecule has 0 saturated carbocycles. The van der Waals surface area contributed by atoms with Gasteiger partial charge in [-0.15, -0.1) is 0 Å². The van der Waals surface area contributed by atoms with Crippen LogP contribution >= 0.6 is 15.9 Å². The molecule has 1 aromatic carbocycles. The first kappa shape index (κ1) is 14.0. The number of amides is 1. The molecule has 0 bridgehead atoms. The van der Waals surface area contributed by atoms with Crippen molar-refractivity contribution in [1.82, 2.24) is 5.32 Å². The van der Waals surface area contributed by atoms with Crippen LogP contribution < -0.4 is 10.6 Å². The molecule has 1 aliphatic heterocycles. The Labute approximate surface area is 119 Å². The molecule has 1 aliphatic rings. The van der Waals surface area contributed by atoms with Gasteiger partial charge < -0.3 is 15.7 Å². The Hall–Kier alpha value is -1.40. The predicted octanol–water partition coefficient (Wildman–Crippen LogP) is 2.09. The summed E-state index contributed by atoms with van der Waals surface area (Å²) in [7, 11) is 0. The Bertz CT molecular complexity index is 499. The van der Waals surface area contributed by atoms with E-state index in [-0.39, 0.29) is 17.4 Å². The number of piperidine rings is 1. The summed E-state index contributed by atoms with van der Waals surface area (Å²) in [5.41, 5.74) is 0.649. The van der Waals surface area contributed by atoms with Crippen LogP contribution in [0, 0.1) is 5.92 Å². The number of carboxylic acids is 1. The summed E-state index contributed by atoms with van der Waals surface area (Å²) in [4.78, 5) is 23.0. The van der Waals surface area contributed by atoms with E-state index in [9.17, 15) is 9.59 Å². The van der Waals surface area contributed by atoms with E-state index < -0.39 is 5.97 Å². The van der Waals surface area contributed by atoms with E-state index in [1.54, 1.807) is 6.07 Å². The lowest BCUT2D eigenvalue weighted by molar-refractivity contribution is -0.120. The second-order valence-electron chi connectivity index (χ2n) is 4.53. The molecule has 5 nitrogen and oxygen atoms in total. The minimum Gasteiger partial charge on any atom is -0.478 e. The van der Waals surface area contributed by atoms with Crippen molar-refractivity contribution < 1.29 is 14.7 Å². The number of aromatic carboxylic acids is 1. The summed E-state index contributed by atoms with van der Waals surface area (Å²) in [5.74, 6) is -1.15. The molecule has 19 heavy (non-hydrogen) atoms. The second kappa shape index (κ2) is 6.16. The van der Waals surface area contributed by atoms with Gasteiger partial charge >= 0.3 is 5.97 Å². The number of carboxylic acid groups (broad SMARTS) is 1. The van der Waals surface area contributed by atoms with Crippen LogP contribution in [0.5, 0.6) is 0 Å². The summed E-state index contributed by atoms with van der Waals surface area (Å²) in [5, 5.41) is 14.9. The minimum atomic E-state index is -1.01. The number of anilines is 1. The number of benzene rings is 1. The van der Waals surface area contributed by atoms with Gasteiger partial charge in [0.15, 0.2) is 0 Å². The lowest BCUT2D eigenvalue weighted by Gasteiger charge is -2.22. The van der Waals surface area contributed by atoms with E-state index in [0.29, 0.717) is 16.7 Å². The first-order chi connectivity index (χ1) is 9.08. The van der Waals surface area contributed by atoms with Gasteiger partial charge in [0.2, 0.25) is 5.91 Å². The number of carbonyl (C=O) groups is 2. The normalized spacial score (nSPS) is 18.9. The summed E-state index contributed by atoms with van der Waals surface area (Å²) in [6.07, 6.45) is 1.84. The highest BCUT2D eigenvalue weighted by molar-refractivity contribution is 9.10. The fraction of sp³-hybridized carbons (Fsp3) is 0.385. The van der Waals surface area contributed by atoms with Crippen molar-refractivity contribution in [2.75, 3.05) is 18.4 Å². The fourth-order valence-electron chi connectivity index (χ4n) is 2.06. The highest BCUT2D eigenvalue weighted by Crippen LogP contribution is 2.25. The Morgan fingerprint density at radius 2 is 2.21 bits per heavy atom. The lowest BCUT2D eigenvalue weighted by Crippen LogP contribution is -2.37. The van der Waals surface area contributed by atoms with Crippen molar-refractivity contribution in [3.05, 3.63) is 28.2 Å². The number of halogens is 1. The van der Waals surface area contributed by atoms with Crippen LogP contribution in [0.1, 0.15) is 23.2 Å². The summed E-state index contributed by atoms with van der Waals surface area (Å²) in [6.45, 7) is 1.62. The van der Waals surface area contributed by atoms with Crippen LogP contribution in [0.25, 0.3) is 0 Å². The molecule has 6 heteroatoms. The Balaban J connectivity index is 2.11. The Morgan fingerprint density at radius 1 is 1.42 bits per heavy atom. The topological polar surface area (TPSA) is 78.4 Å². The third-order valence-electron chi connectivity index (χ3n) is 3.14. The summed E-state index contributed by atoms with van der Waals surface area (Å²) in [6, 6.07) is 4.57. The van der Waals surface area contributed by atoms with Crippen LogP contribution in [0.3, 0.4) is 0 Å². The molecule has 1 fully saturated rings. The zero-order chi connectivity index (χ0) is 13.8. The van der Waals surface area contributed by atoms with Crippen LogP contribution in [0.15, 0.2) is 22.7 Å². The van der Waals surface area contributed by atoms with E-state index in [0.717, 1.165) is 19.4 Å². The second-order valence-corrected chi connectivity index (χ2v) is 5.39. The highest BCUT2D eigenvalue weighted by atomic mass is 79.9. The van der Waals surface area contributed by atoms with Gasteiger partial charge in [0.1, 0.15) is 0 Å². The molecule has 0 spiro atoms. The maximum absolute atomic E-state index is 12.1. The Morgan fingerprint density at radius 3 is 2.84 bits per heavy atom. The molecule has 1 aromatic rings. The van der Waals surface area contributed by atoms with Gasteiger partial charge in [-0.3, -0.25) is 4.79 Å². The number of hydrogen-bond acceptors (Lipinski definition) is 3. The molecule has 102 valence electrons. The summed E-state index contributed by atoms with van der Waals surface area (Å²) >= 11 is 3.31. The van der Waals surface area contributed by atoms with E-state index in [1.807, 2.05) is 0 Å². The number of hydrogen-bond donors (Lipinski definition) is 3. The highest BCUT2D eigenvalue weighted by Gasteiger charge is 2.21. The predicted molar refractivity (Wildman–Crippen MR) is 75.3 cm³/mol. The van der Waals surface area contributed by atoms with E-state index in [1.165, 1.54) is 12.1 Å². The van der Waals surface area contributed by atoms with E-state index in [2.05, 4.69) is 26.6 Å². The van der Waals surface area contributed by atoms with Crippen LogP contribution in [0.2, 0.25) is 0 Å². The first-order valence-corrected chi connectivity index (χ1v) is 6.91. The van der Waals surface area contributed by atoms with Crippen molar-refractivity contribution in [3.8, 4) is 0 Å².